The van der Waals surface area contributed by atoms with Crippen molar-refractivity contribution in [2.24, 2.45) is 5.41 Å². The number of ether oxygens (including phenoxy) is 1. The van der Waals surface area contributed by atoms with E-state index < -0.39 is 12.1 Å². The number of likely N-dealkylation sites (tertiary alicyclic amines) is 2. The standard InChI is InChI=1S/C27H34N4O4S/c1-3-35-26(34)29-22(18-20-8-5-4-6-9-20)25(33)31-17-13-27(19-31)11-15-30(16-12-27)24(32)21-10-7-14-28-23(21)36-2/h4-10,14,22H,3,11-13,15-19H2,1-2H3,(H,29,34)/t22-/m0/s1. The number of amides is 3. The molecular formula is C27H34N4O4S. The van der Waals surface area contributed by atoms with E-state index in [0.717, 1.165) is 29.9 Å². The fraction of sp³-hybridized carbons (Fsp3) is 0.481. The molecule has 1 aromatic carbocycles. The van der Waals surface area contributed by atoms with Crippen LogP contribution in [0.3, 0.4) is 0 Å². The number of alkyl carbamates (subject to hydrolysis) is 1. The lowest BCUT2D eigenvalue weighted by molar-refractivity contribution is -0.132. The van der Waals surface area contributed by atoms with Gasteiger partial charge in [-0.05, 0) is 55.6 Å². The Morgan fingerprint density at radius 1 is 1.06 bits per heavy atom. The van der Waals surface area contributed by atoms with Crippen LogP contribution in [0.25, 0.3) is 0 Å². The topological polar surface area (TPSA) is 91.8 Å². The average Bonchev–Trinajstić information content (AvgIpc) is 3.32. The minimum Gasteiger partial charge on any atom is -0.450 e. The molecule has 1 N–H and O–H groups in total. The van der Waals surface area contributed by atoms with Gasteiger partial charge in [0.25, 0.3) is 5.91 Å². The normalized spacial score (nSPS) is 17.6. The summed E-state index contributed by atoms with van der Waals surface area (Å²) < 4.78 is 5.06. The lowest BCUT2D eigenvalue weighted by Gasteiger charge is -2.39. The van der Waals surface area contributed by atoms with Crippen molar-refractivity contribution in [2.45, 2.75) is 43.7 Å². The van der Waals surface area contributed by atoms with Crippen molar-refractivity contribution in [3.63, 3.8) is 0 Å². The van der Waals surface area contributed by atoms with Gasteiger partial charge in [0.15, 0.2) is 0 Å². The fourth-order valence-corrected chi connectivity index (χ4v) is 5.73. The van der Waals surface area contributed by atoms with E-state index in [9.17, 15) is 14.4 Å². The smallest absolute Gasteiger partial charge is 0.407 e. The van der Waals surface area contributed by atoms with Gasteiger partial charge in [-0.3, -0.25) is 9.59 Å². The highest BCUT2D eigenvalue weighted by Crippen LogP contribution is 2.41. The third-order valence-corrected chi connectivity index (χ3v) is 7.92. The minimum absolute atomic E-state index is 0.00490. The van der Waals surface area contributed by atoms with Crippen molar-refractivity contribution in [1.29, 1.82) is 0 Å². The molecular weight excluding hydrogens is 476 g/mol. The molecule has 3 amide bonds. The van der Waals surface area contributed by atoms with E-state index in [1.54, 1.807) is 19.2 Å². The van der Waals surface area contributed by atoms with Gasteiger partial charge >= 0.3 is 6.09 Å². The molecule has 2 aliphatic heterocycles. The number of nitrogens with zero attached hydrogens (tertiary/aromatic N) is 3. The van der Waals surface area contributed by atoms with Crippen molar-refractivity contribution >= 4 is 29.7 Å². The summed E-state index contributed by atoms with van der Waals surface area (Å²) in [7, 11) is 0. The predicted molar refractivity (Wildman–Crippen MR) is 139 cm³/mol. The first-order chi connectivity index (χ1) is 17.4. The second-order valence-corrected chi connectivity index (χ2v) is 10.3. The third-order valence-electron chi connectivity index (χ3n) is 7.20. The first kappa shape index (κ1) is 26.0. The molecule has 2 aliphatic rings. The van der Waals surface area contributed by atoms with Crippen LogP contribution >= 0.6 is 11.8 Å². The van der Waals surface area contributed by atoms with E-state index in [1.165, 1.54) is 11.8 Å². The van der Waals surface area contributed by atoms with Crippen LogP contribution in [0.1, 0.15) is 42.1 Å². The summed E-state index contributed by atoms with van der Waals surface area (Å²) in [4.78, 5) is 46.9. The number of nitrogens with one attached hydrogen (secondary N) is 1. The molecule has 2 saturated heterocycles. The molecule has 1 atom stereocenters. The number of hydrogen-bond donors (Lipinski definition) is 1. The first-order valence-corrected chi connectivity index (χ1v) is 13.7. The van der Waals surface area contributed by atoms with Crippen molar-refractivity contribution in [1.82, 2.24) is 20.1 Å². The van der Waals surface area contributed by atoms with Gasteiger partial charge in [0.05, 0.1) is 12.2 Å². The number of pyridine rings is 1. The molecule has 9 heteroatoms. The number of carbonyl (C=O) groups excluding carboxylic acids is 3. The van der Waals surface area contributed by atoms with E-state index in [2.05, 4.69) is 10.3 Å². The van der Waals surface area contributed by atoms with Crippen LogP contribution in [0.4, 0.5) is 4.79 Å². The zero-order valence-electron chi connectivity index (χ0n) is 20.9. The molecule has 0 aliphatic carbocycles. The van der Waals surface area contributed by atoms with Gasteiger partial charge in [-0.15, -0.1) is 11.8 Å². The molecule has 0 radical (unpaired) electrons. The van der Waals surface area contributed by atoms with Crippen LogP contribution in [0.15, 0.2) is 53.7 Å². The molecule has 1 spiro atoms. The van der Waals surface area contributed by atoms with Crippen LogP contribution in [0.5, 0.6) is 0 Å². The Bertz CT molecular complexity index is 1070. The quantitative estimate of drug-likeness (QED) is 0.572. The van der Waals surface area contributed by atoms with Crippen molar-refractivity contribution in [3.05, 3.63) is 59.8 Å². The summed E-state index contributed by atoms with van der Waals surface area (Å²) in [6, 6.07) is 12.6. The number of carbonyl (C=O) groups is 3. The summed E-state index contributed by atoms with van der Waals surface area (Å²) in [5, 5.41) is 3.52. The average molecular weight is 511 g/mol. The summed E-state index contributed by atoms with van der Waals surface area (Å²) in [5.74, 6) is -0.0583. The molecule has 0 bridgehead atoms. The van der Waals surface area contributed by atoms with Crippen LogP contribution in [-0.4, -0.2) is 77.8 Å². The molecule has 0 saturated carbocycles. The maximum Gasteiger partial charge on any atom is 0.407 e. The summed E-state index contributed by atoms with van der Waals surface area (Å²) in [5.41, 5.74) is 1.64. The summed E-state index contributed by atoms with van der Waals surface area (Å²) in [6.07, 6.45) is 6.08. The van der Waals surface area contributed by atoms with Crippen LogP contribution in [0, 0.1) is 5.41 Å². The number of thioether (sulfide) groups is 1. The van der Waals surface area contributed by atoms with E-state index in [4.69, 9.17) is 4.74 Å². The maximum atomic E-state index is 13.5. The Balaban J connectivity index is 1.39. The molecule has 3 heterocycles. The third kappa shape index (κ3) is 6.00. The highest BCUT2D eigenvalue weighted by molar-refractivity contribution is 7.98. The zero-order chi connectivity index (χ0) is 25.5. The number of hydrogen-bond acceptors (Lipinski definition) is 6. The molecule has 0 unspecified atom stereocenters. The van der Waals surface area contributed by atoms with Crippen LogP contribution in [0.2, 0.25) is 0 Å². The monoisotopic (exact) mass is 510 g/mol. The Morgan fingerprint density at radius 2 is 1.75 bits per heavy atom. The summed E-state index contributed by atoms with van der Waals surface area (Å²) in [6.45, 7) is 4.62. The van der Waals surface area contributed by atoms with Gasteiger partial charge in [-0.1, -0.05) is 30.3 Å². The molecule has 8 nitrogen and oxygen atoms in total. The SMILES string of the molecule is CCOC(=O)N[C@@H](Cc1ccccc1)C(=O)N1CCC2(CCN(C(=O)c3cccnc3SC)CC2)C1. The first-order valence-electron chi connectivity index (χ1n) is 12.5. The van der Waals surface area contributed by atoms with Gasteiger partial charge in [-0.2, -0.15) is 0 Å². The Kier molecular flexibility index (Phi) is 8.51. The van der Waals surface area contributed by atoms with Crippen molar-refractivity contribution in [3.8, 4) is 0 Å². The van der Waals surface area contributed by atoms with Gasteiger partial charge in [-0.25, -0.2) is 9.78 Å². The Hall–Kier alpha value is -3.07. The molecule has 2 aromatic rings. The zero-order valence-corrected chi connectivity index (χ0v) is 21.8. The molecule has 2 fully saturated rings. The number of rotatable bonds is 7. The lowest BCUT2D eigenvalue weighted by Crippen LogP contribution is -2.50. The molecule has 192 valence electrons. The number of aromatic nitrogens is 1. The summed E-state index contributed by atoms with van der Waals surface area (Å²) >= 11 is 1.48. The second-order valence-electron chi connectivity index (χ2n) is 9.47. The van der Waals surface area contributed by atoms with Gasteiger partial charge in [0, 0.05) is 38.8 Å². The van der Waals surface area contributed by atoms with E-state index >= 15 is 0 Å². The maximum absolute atomic E-state index is 13.5. The van der Waals surface area contributed by atoms with Gasteiger partial charge < -0.3 is 19.9 Å². The molecule has 36 heavy (non-hydrogen) atoms. The second kappa shape index (κ2) is 11.8. The van der Waals surface area contributed by atoms with Crippen LogP contribution < -0.4 is 5.32 Å². The van der Waals surface area contributed by atoms with Crippen molar-refractivity contribution < 1.29 is 19.1 Å². The number of piperidine rings is 1. The van der Waals surface area contributed by atoms with Gasteiger partial charge in [0.2, 0.25) is 5.91 Å². The van der Waals surface area contributed by atoms with E-state index in [1.807, 2.05) is 52.5 Å². The largest absolute Gasteiger partial charge is 0.450 e. The Labute approximate surface area is 216 Å². The number of benzene rings is 1. The van der Waals surface area contributed by atoms with Crippen LogP contribution in [-0.2, 0) is 16.0 Å². The lowest BCUT2D eigenvalue weighted by atomic mass is 9.77. The molecule has 4 rings (SSSR count). The van der Waals surface area contributed by atoms with Crippen molar-refractivity contribution in [2.75, 3.05) is 39.0 Å². The fourth-order valence-electron chi connectivity index (χ4n) is 5.19. The van der Waals surface area contributed by atoms with Gasteiger partial charge in [0.1, 0.15) is 11.1 Å². The predicted octanol–water partition coefficient (Wildman–Crippen LogP) is 3.62. The van der Waals surface area contributed by atoms with E-state index in [-0.39, 0.29) is 23.8 Å². The highest BCUT2D eigenvalue weighted by Gasteiger charge is 2.44. The van der Waals surface area contributed by atoms with E-state index in [0.29, 0.717) is 38.2 Å². The highest BCUT2D eigenvalue weighted by atomic mass is 32.2. The molecule has 1 aromatic heterocycles. The minimum atomic E-state index is -0.682. The Morgan fingerprint density at radius 3 is 2.42 bits per heavy atom.